The molecule has 2 rings (SSSR count). The summed E-state index contributed by atoms with van der Waals surface area (Å²) in [5.74, 6) is 6.28. The summed E-state index contributed by atoms with van der Waals surface area (Å²) in [4.78, 5) is 12.1. The molecule has 1 aromatic heterocycles. The Morgan fingerprint density at radius 1 is 1.40 bits per heavy atom. The Morgan fingerprint density at radius 2 is 2.15 bits per heavy atom. The SMILES string of the molecule is Cc1cccc(NC(=O)[C@@H](C)Sc2nnc(C)n2N)c1. The van der Waals surface area contributed by atoms with Gasteiger partial charge in [-0.25, -0.2) is 4.68 Å². The second-order valence-corrected chi connectivity index (χ2v) is 5.83. The number of anilines is 1. The van der Waals surface area contributed by atoms with Crippen LogP contribution in [-0.4, -0.2) is 26.0 Å². The lowest BCUT2D eigenvalue weighted by atomic mass is 10.2. The lowest BCUT2D eigenvalue weighted by Crippen LogP contribution is -2.23. The predicted octanol–water partition coefficient (Wildman–Crippen LogP) is 1.73. The molecule has 0 bridgehead atoms. The van der Waals surface area contributed by atoms with Gasteiger partial charge in [-0.05, 0) is 38.5 Å². The maximum atomic E-state index is 12.1. The smallest absolute Gasteiger partial charge is 0.237 e. The number of benzene rings is 1. The second-order valence-electron chi connectivity index (χ2n) is 4.52. The summed E-state index contributed by atoms with van der Waals surface area (Å²) in [6.07, 6.45) is 0. The van der Waals surface area contributed by atoms with Gasteiger partial charge in [0.15, 0.2) is 0 Å². The molecule has 1 aromatic carbocycles. The van der Waals surface area contributed by atoms with Gasteiger partial charge < -0.3 is 11.2 Å². The Kier molecular flexibility index (Phi) is 4.29. The maximum absolute atomic E-state index is 12.1. The number of nitrogens with two attached hydrogens (primary N) is 1. The van der Waals surface area contributed by atoms with Gasteiger partial charge in [-0.1, -0.05) is 23.9 Å². The molecule has 1 amide bonds. The number of aromatic nitrogens is 3. The molecule has 1 heterocycles. The molecular formula is C13H17N5OS. The number of nitrogens with zero attached hydrogens (tertiary/aromatic N) is 3. The summed E-state index contributed by atoms with van der Waals surface area (Å²) in [5.41, 5.74) is 1.88. The zero-order valence-electron chi connectivity index (χ0n) is 11.6. The van der Waals surface area contributed by atoms with E-state index in [0.717, 1.165) is 11.3 Å². The molecule has 20 heavy (non-hydrogen) atoms. The highest BCUT2D eigenvalue weighted by atomic mass is 32.2. The van der Waals surface area contributed by atoms with Crippen molar-refractivity contribution in [2.75, 3.05) is 11.2 Å². The van der Waals surface area contributed by atoms with Crippen molar-refractivity contribution in [3.63, 3.8) is 0 Å². The van der Waals surface area contributed by atoms with Gasteiger partial charge in [0.1, 0.15) is 5.82 Å². The van der Waals surface area contributed by atoms with Crippen LogP contribution in [0, 0.1) is 13.8 Å². The van der Waals surface area contributed by atoms with Gasteiger partial charge in [-0.15, -0.1) is 10.2 Å². The van der Waals surface area contributed by atoms with Crippen molar-refractivity contribution in [2.24, 2.45) is 0 Å². The van der Waals surface area contributed by atoms with Crippen LogP contribution in [0.1, 0.15) is 18.3 Å². The summed E-state index contributed by atoms with van der Waals surface area (Å²) >= 11 is 1.27. The number of nitrogen functional groups attached to an aromatic ring is 1. The van der Waals surface area contributed by atoms with Gasteiger partial charge in [-0.3, -0.25) is 4.79 Å². The molecule has 0 unspecified atom stereocenters. The van der Waals surface area contributed by atoms with Gasteiger partial charge >= 0.3 is 0 Å². The molecule has 3 N–H and O–H groups in total. The average Bonchev–Trinajstić information content (AvgIpc) is 2.70. The second kappa shape index (κ2) is 5.96. The molecule has 0 aliphatic heterocycles. The third-order valence-corrected chi connectivity index (χ3v) is 3.83. The predicted molar refractivity (Wildman–Crippen MR) is 80.0 cm³/mol. The monoisotopic (exact) mass is 291 g/mol. The van der Waals surface area contributed by atoms with Crippen LogP contribution in [0.25, 0.3) is 0 Å². The van der Waals surface area contributed by atoms with Gasteiger partial charge in [-0.2, -0.15) is 0 Å². The topological polar surface area (TPSA) is 85.8 Å². The van der Waals surface area contributed by atoms with E-state index in [9.17, 15) is 4.79 Å². The van der Waals surface area contributed by atoms with Crippen LogP contribution in [0.5, 0.6) is 0 Å². The van der Waals surface area contributed by atoms with Crippen LogP contribution >= 0.6 is 11.8 Å². The zero-order chi connectivity index (χ0) is 14.7. The Morgan fingerprint density at radius 3 is 2.75 bits per heavy atom. The summed E-state index contributed by atoms with van der Waals surface area (Å²) in [6.45, 7) is 5.54. The first-order chi connectivity index (χ1) is 9.47. The lowest BCUT2D eigenvalue weighted by Gasteiger charge is -2.11. The number of amides is 1. The minimum atomic E-state index is -0.318. The van der Waals surface area contributed by atoms with Crippen molar-refractivity contribution in [2.45, 2.75) is 31.2 Å². The molecule has 0 aliphatic rings. The summed E-state index contributed by atoms with van der Waals surface area (Å²) in [5, 5.41) is 10.9. The van der Waals surface area contributed by atoms with Crippen molar-refractivity contribution >= 4 is 23.4 Å². The first-order valence-corrected chi connectivity index (χ1v) is 7.06. The normalized spacial score (nSPS) is 12.2. The number of nitrogens with one attached hydrogen (secondary N) is 1. The van der Waals surface area contributed by atoms with Crippen molar-refractivity contribution in [3.8, 4) is 0 Å². The zero-order valence-corrected chi connectivity index (χ0v) is 12.4. The number of aryl methyl sites for hydroxylation is 2. The van der Waals surface area contributed by atoms with E-state index in [-0.39, 0.29) is 11.2 Å². The number of carbonyl (C=O) groups is 1. The van der Waals surface area contributed by atoms with E-state index in [0.29, 0.717) is 11.0 Å². The van der Waals surface area contributed by atoms with E-state index < -0.39 is 0 Å². The number of rotatable bonds is 4. The highest BCUT2D eigenvalue weighted by Gasteiger charge is 2.18. The van der Waals surface area contributed by atoms with Gasteiger partial charge in [0.2, 0.25) is 11.1 Å². The van der Waals surface area contributed by atoms with Crippen molar-refractivity contribution < 1.29 is 4.79 Å². The fourth-order valence-corrected chi connectivity index (χ4v) is 2.42. The largest absolute Gasteiger partial charge is 0.336 e. The van der Waals surface area contributed by atoms with E-state index in [1.54, 1.807) is 13.8 Å². The molecule has 1 atom stereocenters. The number of thioether (sulfide) groups is 1. The minimum Gasteiger partial charge on any atom is -0.336 e. The van der Waals surface area contributed by atoms with Crippen molar-refractivity contribution in [1.29, 1.82) is 0 Å². The fraction of sp³-hybridized carbons (Fsp3) is 0.308. The Hall–Kier alpha value is -2.02. The first-order valence-electron chi connectivity index (χ1n) is 6.18. The number of carbonyl (C=O) groups excluding carboxylic acids is 1. The van der Waals surface area contributed by atoms with Crippen molar-refractivity contribution in [3.05, 3.63) is 35.7 Å². The Balaban J connectivity index is 2.00. The van der Waals surface area contributed by atoms with E-state index in [2.05, 4.69) is 15.5 Å². The summed E-state index contributed by atoms with van der Waals surface area (Å²) < 4.78 is 1.38. The Labute approximate surface area is 121 Å². The van der Waals surface area contributed by atoms with Gasteiger partial charge in [0, 0.05) is 5.69 Å². The summed E-state index contributed by atoms with van der Waals surface area (Å²) in [6, 6.07) is 7.67. The number of hydrogen-bond acceptors (Lipinski definition) is 5. The molecule has 0 fully saturated rings. The van der Waals surface area contributed by atoms with Crippen LogP contribution < -0.4 is 11.2 Å². The molecule has 0 aliphatic carbocycles. The molecule has 7 heteroatoms. The molecule has 0 saturated heterocycles. The van der Waals surface area contributed by atoms with Crippen LogP contribution in [0.4, 0.5) is 5.69 Å². The highest BCUT2D eigenvalue weighted by molar-refractivity contribution is 8.00. The van der Waals surface area contributed by atoms with Crippen LogP contribution in [0.2, 0.25) is 0 Å². The third-order valence-electron chi connectivity index (χ3n) is 2.77. The van der Waals surface area contributed by atoms with Crippen LogP contribution in [0.3, 0.4) is 0 Å². The molecule has 0 radical (unpaired) electrons. The van der Waals surface area contributed by atoms with Gasteiger partial charge in [0.05, 0.1) is 5.25 Å². The van der Waals surface area contributed by atoms with E-state index in [1.165, 1.54) is 16.4 Å². The molecule has 2 aromatic rings. The minimum absolute atomic E-state index is 0.0961. The highest BCUT2D eigenvalue weighted by Crippen LogP contribution is 2.22. The molecule has 0 spiro atoms. The van der Waals surface area contributed by atoms with Crippen LogP contribution in [0.15, 0.2) is 29.4 Å². The van der Waals surface area contributed by atoms with E-state index in [4.69, 9.17) is 5.84 Å². The number of hydrogen-bond donors (Lipinski definition) is 2. The van der Waals surface area contributed by atoms with Crippen molar-refractivity contribution in [1.82, 2.24) is 14.9 Å². The standard InChI is InChI=1S/C13H17N5OS/c1-8-5-4-6-11(7-8)15-12(19)9(2)20-13-17-16-10(3)18(13)14/h4-7,9H,14H2,1-3H3,(H,15,19)/t9-/m1/s1. The molecule has 106 valence electrons. The molecule has 0 saturated carbocycles. The van der Waals surface area contributed by atoms with Crippen LogP contribution in [-0.2, 0) is 4.79 Å². The Bertz CT molecular complexity index is 625. The quantitative estimate of drug-likeness (QED) is 0.662. The first kappa shape index (κ1) is 14.4. The molecule has 6 nitrogen and oxygen atoms in total. The third kappa shape index (κ3) is 3.30. The fourth-order valence-electron chi connectivity index (χ4n) is 1.61. The van der Waals surface area contributed by atoms with Gasteiger partial charge in [0.25, 0.3) is 0 Å². The average molecular weight is 291 g/mol. The summed E-state index contributed by atoms with van der Waals surface area (Å²) in [7, 11) is 0. The molecular weight excluding hydrogens is 274 g/mol. The lowest BCUT2D eigenvalue weighted by molar-refractivity contribution is -0.115. The van der Waals surface area contributed by atoms with E-state index in [1.807, 2.05) is 31.2 Å². The maximum Gasteiger partial charge on any atom is 0.237 e. The van der Waals surface area contributed by atoms with E-state index >= 15 is 0 Å².